The summed E-state index contributed by atoms with van der Waals surface area (Å²) in [6, 6.07) is 16.8. The van der Waals surface area contributed by atoms with Gasteiger partial charge in [0.2, 0.25) is 0 Å². The fourth-order valence-electron chi connectivity index (χ4n) is 2.96. The molecular formula is C19H15N5O3. The number of nitro groups is 1. The van der Waals surface area contributed by atoms with Crippen LogP contribution in [0.3, 0.4) is 0 Å². The first-order valence-corrected chi connectivity index (χ1v) is 8.03. The summed E-state index contributed by atoms with van der Waals surface area (Å²) in [5.41, 5.74) is 6.90. The first-order chi connectivity index (χ1) is 13.0. The number of carbonyl (C=O) groups is 1. The zero-order valence-corrected chi connectivity index (χ0v) is 14.4. The van der Waals surface area contributed by atoms with Crippen molar-refractivity contribution in [2.24, 2.45) is 10.8 Å². The molecule has 3 rings (SSSR count). The van der Waals surface area contributed by atoms with E-state index in [2.05, 4.69) is 5.10 Å². The highest BCUT2D eigenvalue weighted by Gasteiger charge is 2.36. The van der Waals surface area contributed by atoms with Crippen LogP contribution in [0.25, 0.3) is 0 Å². The standard InChI is InChI=1S/C19H15N5O3/c1-12(25)18-17(13-7-3-2-4-8-13)14(11-20)19(21)23(22-18)15-9-5-6-10-16(15)24(26)27/h2-10,17H,21H2,1H3. The third kappa shape index (κ3) is 3.14. The summed E-state index contributed by atoms with van der Waals surface area (Å²) < 4.78 is 0. The molecule has 1 aliphatic heterocycles. The number of carbonyl (C=O) groups excluding carboxylic acids is 1. The number of hydrogen-bond acceptors (Lipinski definition) is 7. The molecule has 8 nitrogen and oxygen atoms in total. The van der Waals surface area contributed by atoms with E-state index in [0.717, 1.165) is 5.01 Å². The van der Waals surface area contributed by atoms with E-state index in [1.807, 2.05) is 12.1 Å². The van der Waals surface area contributed by atoms with E-state index < -0.39 is 10.8 Å². The molecule has 0 amide bonds. The lowest BCUT2D eigenvalue weighted by atomic mass is 9.84. The number of hydrogen-bond donors (Lipinski definition) is 1. The average Bonchev–Trinajstić information content (AvgIpc) is 2.68. The number of allylic oxidation sites excluding steroid dienone is 1. The molecule has 0 saturated heterocycles. The van der Waals surface area contributed by atoms with E-state index in [4.69, 9.17) is 5.73 Å². The number of hydrazone groups is 1. The number of nitriles is 1. The molecule has 1 atom stereocenters. The van der Waals surface area contributed by atoms with Crippen LogP contribution < -0.4 is 10.7 Å². The van der Waals surface area contributed by atoms with Gasteiger partial charge in [-0.15, -0.1) is 0 Å². The van der Waals surface area contributed by atoms with Gasteiger partial charge >= 0.3 is 0 Å². The molecule has 0 saturated carbocycles. The Balaban J connectivity index is 2.24. The van der Waals surface area contributed by atoms with E-state index in [1.165, 1.54) is 25.1 Å². The number of anilines is 1. The Labute approximate surface area is 155 Å². The summed E-state index contributed by atoms with van der Waals surface area (Å²) in [6.45, 7) is 1.34. The Morgan fingerprint density at radius 1 is 1.22 bits per heavy atom. The predicted octanol–water partition coefficient (Wildman–Crippen LogP) is 2.84. The minimum absolute atomic E-state index is 0.0503. The van der Waals surface area contributed by atoms with Crippen molar-refractivity contribution in [3.05, 3.63) is 81.7 Å². The van der Waals surface area contributed by atoms with Crippen LogP contribution in [0.5, 0.6) is 0 Å². The average molecular weight is 361 g/mol. The Morgan fingerprint density at radius 2 is 1.85 bits per heavy atom. The first kappa shape index (κ1) is 17.8. The van der Waals surface area contributed by atoms with Crippen LogP contribution in [0.4, 0.5) is 11.4 Å². The number of benzene rings is 2. The fourth-order valence-corrected chi connectivity index (χ4v) is 2.96. The fraction of sp³-hybridized carbons (Fsp3) is 0.105. The van der Waals surface area contributed by atoms with Crippen molar-refractivity contribution < 1.29 is 9.72 Å². The van der Waals surface area contributed by atoms with Gasteiger partial charge in [0.15, 0.2) is 5.78 Å². The largest absolute Gasteiger partial charge is 0.383 e. The molecule has 1 aliphatic rings. The monoisotopic (exact) mass is 361 g/mol. The first-order valence-electron chi connectivity index (χ1n) is 8.03. The number of rotatable bonds is 4. The summed E-state index contributed by atoms with van der Waals surface area (Å²) in [7, 11) is 0. The Morgan fingerprint density at radius 3 is 2.44 bits per heavy atom. The minimum atomic E-state index is -0.729. The lowest BCUT2D eigenvalue weighted by molar-refractivity contribution is -0.384. The highest BCUT2D eigenvalue weighted by molar-refractivity contribution is 6.42. The summed E-state index contributed by atoms with van der Waals surface area (Å²) in [5, 5.41) is 26.5. The van der Waals surface area contributed by atoms with Crippen molar-refractivity contribution in [3.63, 3.8) is 0 Å². The maximum Gasteiger partial charge on any atom is 0.294 e. The lowest BCUT2D eigenvalue weighted by Crippen LogP contribution is -2.37. The van der Waals surface area contributed by atoms with Crippen molar-refractivity contribution >= 4 is 22.9 Å². The topological polar surface area (TPSA) is 126 Å². The molecule has 0 spiro atoms. The van der Waals surface area contributed by atoms with E-state index in [-0.39, 0.29) is 34.3 Å². The second-order valence-electron chi connectivity index (χ2n) is 5.85. The molecule has 0 radical (unpaired) electrons. The van der Waals surface area contributed by atoms with Crippen molar-refractivity contribution in [2.45, 2.75) is 12.8 Å². The zero-order chi connectivity index (χ0) is 19.6. The van der Waals surface area contributed by atoms with Crippen molar-refractivity contribution in [1.82, 2.24) is 0 Å². The van der Waals surface area contributed by atoms with Crippen LogP contribution in [0.1, 0.15) is 18.4 Å². The second-order valence-corrected chi connectivity index (χ2v) is 5.85. The third-order valence-corrected chi connectivity index (χ3v) is 4.19. The van der Waals surface area contributed by atoms with Crippen molar-refractivity contribution in [3.8, 4) is 6.07 Å². The van der Waals surface area contributed by atoms with Gasteiger partial charge in [0.1, 0.15) is 17.2 Å². The number of Topliss-reactive ketones (excluding diaryl/α,β-unsaturated/α-hetero) is 1. The summed E-state index contributed by atoms with van der Waals surface area (Å²) >= 11 is 0. The van der Waals surface area contributed by atoms with Crippen LogP contribution in [-0.4, -0.2) is 16.4 Å². The maximum atomic E-state index is 12.3. The number of nitrogens with two attached hydrogens (primary N) is 1. The molecule has 1 heterocycles. The van der Waals surface area contributed by atoms with Gasteiger partial charge in [0.25, 0.3) is 5.69 Å². The molecule has 2 N–H and O–H groups in total. The summed E-state index contributed by atoms with van der Waals surface area (Å²) in [5.74, 6) is -1.13. The molecule has 0 bridgehead atoms. The number of nitrogens with zero attached hydrogens (tertiary/aromatic N) is 4. The summed E-state index contributed by atoms with van der Waals surface area (Å²) in [4.78, 5) is 23.1. The van der Waals surface area contributed by atoms with E-state index in [1.54, 1.807) is 30.3 Å². The Kier molecular flexibility index (Phi) is 4.68. The van der Waals surface area contributed by atoms with Crippen LogP contribution >= 0.6 is 0 Å². The predicted molar refractivity (Wildman–Crippen MR) is 99.7 cm³/mol. The molecule has 0 aromatic heterocycles. The van der Waals surface area contributed by atoms with Crippen LogP contribution in [-0.2, 0) is 4.79 Å². The normalized spacial score (nSPS) is 16.5. The molecule has 0 fully saturated rings. The van der Waals surface area contributed by atoms with Gasteiger partial charge in [0, 0.05) is 13.0 Å². The quantitative estimate of drug-likeness (QED) is 0.659. The van der Waals surface area contributed by atoms with Crippen LogP contribution in [0, 0.1) is 21.4 Å². The van der Waals surface area contributed by atoms with Gasteiger partial charge in [-0.25, -0.2) is 5.01 Å². The van der Waals surface area contributed by atoms with Gasteiger partial charge in [-0.2, -0.15) is 10.4 Å². The van der Waals surface area contributed by atoms with Gasteiger partial charge in [-0.05, 0) is 11.6 Å². The Hall–Kier alpha value is -3.99. The third-order valence-electron chi connectivity index (χ3n) is 4.19. The van der Waals surface area contributed by atoms with E-state index >= 15 is 0 Å². The number of para-hydroxylation sites is 2. The van der Waals surface area contributed by atoms with Crippen molar-refractivity contribution in [1.29, 1.82) is 5.26 Å². The molecule has 1 unspecified atom stereocenters. The molecule has 0 aliphatic carbocycles. The second kappa shape index (κ2) is 7.09. The summed E-state index contributed by atoms with van der Waals surface area (Å²) in [6.07, 6.45) is 0. The SMILES string of the molecule is CC(=O)C1=NN(c2ccccc2[N+](=O)[O-])C(N)=C(C#N)C1c1ccccc1. The highest BCUT2D eigenvalue weighted by atomic mass is 16.6. The van der Waals surface area contributed by atoms with E-state index in [9.17, 15) is 20.2 Å². The smallest absolute Gasteiger partial charge is 0.294 e. The molecule has 2 aromatic rings. The lowest BCUT2D eigenvalue weighted by Gasteiger charge is -2.30. The minimum Gasteiger partial charge on any atom is -0.383 e. The maximum absolute atomic E-state index is 12.3. The molecule has 27 heavy (non-hydrogen) atoms. The highest BCUT2D eigenvalue weighted by Crippen LogP contribution is 2.37. The molecule has 8 heteroatoms. The van der Waals surface area contributed by atoms with Crippen LogP contribution in [0.2, 0.25) is 0 Å². The van der Waals surface area contributed by atoms with Crippen LogP contribution in [0.15, 0.2) is 71.1 Å². The molecular weight excluding hydrogens is 346 g/mol. The Bertz CT molecular complexity index is 1020. The number of nitro benzene ring substituents is 1. The van der Waals surface area contributed by atoms with Gasteiger partial charge < -0.3 is 5.73 Å². The van der Waals surface area contributed by atoms with Crippen molar-refractivity contribution in [2.75, 3.05) is 5.01 Å². The van der Waals surface area contributed by atoms with Gasteiger partial charge in [0.05, 0.1) is 22.5 Å². The molecule has 2 aromatic carbocycles. The van der Waals surface area contributed by atoms with Gasteiger partial charge in [-0.1, -0.05) is 42.5 Å². The number of ketones is 1. The van der Waals surface area contributed by atoms with Gasteiger partial charge in [-0.3, -0.25) is 14.9 Å². The molecule has 134 valence electrons. The zero-order valence-electron chi connectivity index (χ0n) is 14.4. The van der Waals surface area contributed by atoms with E-state index in [0.29, 0.717) is 5.56 Å².